The summed E-state index contributed by atoms with van der Waals surface area (Å²) in [5.74, 6) is -0.192. The van der Waals surface area contributed by atoms with Crippen molar-refractivity contribution in [2.75, 3.05) is 19.7 Å². The van der Waals surface area contributed by atoms with Gasteiger partial charge in [-0.2, -0.15) is 0 Å². The molecule has 10 heteroatoms. The molecule has 2 aliphatic rings. The van der Waals surface area contributed by atoms with E-state index in [-0.39, 0.29) is 42.6 Å². The lowest BCUT2D eigenvalue weighted by Crippen LogP contribution is -2.29. The van der Waals surface area contributed by atoms with Gasteiger partial charge in [-0.05, 0) is 31.5 Å². The van der Waals surface area contributed by atoms with Gasteiger partial charge in [0.2, 0.25) is 0 Å². The van der Waals surface area contributed by atoms with Crippen molar-refractivity contribution in [3.63, 3.8) is 0 Å². The van der Waals surface area contributed by atoms with Crippen molar-refractivity contribution in [3.05, 3.63) is 76.0 Å². The van der Waals surface area contributed by atoms with Crippen molar-refractivity contribution in [2.45, 2.75) is 20.3 Å². The van der Waals surface area contributed by atoms with E-state index in [1.54, 1.807) is 19.3 Å². The molecule has 0 saturated carbocycles. The van der Waals surface area contributed by atoms with E-state index in [1.807, 2.05) is 6.92 Å². The Morgan fingerprint density at radius 2 is 2.03 bits per heavy atom. The first-order valence-corrected chi connectivity index (χ1v) is 10.7. The topological polar surface area (TPSA) is 104 Å². The summed E-state index contributed by atoms with van der Waals surface area (Å²) < 4.78 is 19.7. The summed E-state index contributed by atoms with van der Waals surface area (Å²) in [6.45, 7) is 4.15. The number of allylic oxidation sites excluding steroid dienone is 2. The molecule has 1 fully saturated rings. The Balaban J connectivity index is 1.52. The Bertz CT molecular complexity index is 1210. The predicted octanol–water partition coefficient (Wildman–Crippen LogP) is 3.46. The van der Waals surface area contributed by atoms with Gasteiger partial charge >= 0.3 is 0 Å². The molecule has 8 nitrogen and oxygen atoms in total. The fourth-order valence-electron chi connectivity index (χ4n) is 3.58. The van der Waals surface area contributed by atoms with E-state index < -0.39 is 5.82 Å². The first kappa shape index (κ1) is 22.6. The number of ether oxygens (including phenoxy) is 1. The number of carbonyl (C=O) groups is 1. The van der Waals surface area contributed by atoms with Gasteiger partial charge in [0.25, 0.3) is 5.91 Å². The van der Waals surface area contributed by atoms with Crippen LogP contribution in [0.2, 0.25) is 0 Å². The van der Waals surface area contributed by atoms with Gasteiger partial charge in [-0.3, -0.25) is 4.79 Å². The van der Waals surface area contributed by atoms with Crippen molar-refractivity contribution in [3.8, 4) is 5.75 Å². The third-order valence-electron chi connectivity index (χ3n) is 5.30. The molecule has 0 aliphatic carbocycles. The average Bonchev–Trinajstić information content (AvgIpc) is 3.19. The molecule has 33 heavy (non-hydrogen) atoms. The lowest BCUT2D eigenvalue weighted by atomic mass is 10.1. The fraction of sp³-hybridized carbons (Fsp3) is 0.261. The minimum Gasteiger partial charge on any atom is -0.492 e. The Morgan fingerprint density at radius 3 is 2.76 bits per heavy atom. The van der Waals surface area contributed by atoms with Gasteiger partial charge in [0.05, 0.1) is 41.7 Å². The van der Waals surface area contributed by atoms with E-state index in [2.05, 4.69) is 20.3 Å². The quantitative estimate of drug-likeness (QED) is 0.699. The number of aromatic nitrogens is 2. The molecule has 0 bridgehead atoms. The molecule has 0 atom stereocenters. The van der Waals surface area contributed by atoms with Crippen LogP contribution in [0.4, 0.5) is 4.39 Å². The van der Waals surface area contributed by atoms with Crippen LogP contribution in [-0.2, 0) is 6.42 Å². The van der Waals surface area contributed by atoms with Crippen LogP contribution in [0, 0.1) is 11.2 Å². The summed E-state index contributed by atoms with van der Waals surface area (Å²) in [4.78, 5) is 27.1. The zero-order valence-corrected chi connectivity index (χ0v) is 18.9. The number of halogens is 2. The van der Waals surface area contributed by atoms with Gasteiger partial charge in [0.1, 0.15) is 23.7 Å². The minimum atomic E-state index is -0.503. The van der Waals surface area contributed by atoms with Gasteiger partial charge in [0, 0.05) is 36.2 Å². The van der Waals surface area contributed by atoms with Gasteiger partial charge in [-0.15, -0.1) is 0 Å². The molecule has 3 heterocycles. The number of hydrogen-bond donors (Lipinski definition) is 2. The van der Waals surface area contributed by atoms with Gasteiger partial charge in [-0.1, -0.05) is 11.6 Å². The van der Waals surface area contributed by atoms with E-state index in [1.165, 1.54) is 29.4 Å². The third kappa shape index (κ3) is 4.93. The molecule has 0 unspecified atom stereocenters. The number of rotatable bonds is 5. The van der Waals surface area contributed by atoms with E-state index in [0.29, 0.717) is 28.6 Å². The SMILES string of the molecule is CC1=N/C(=C2\CN(C(=O)c3ccc(F)cc3OCCc3cncnc3)CC2=N)NC(C)=C1Cl. The van der Waals surface area contributed by atoms with E-state index >= 15 is 0 Å². The monoisotopic (exact) mass is 468 g/mol. The van der Waals surface area contributed by atoms with Crippen LogP contribution in [0.15, 0.2) is 64.0 Å². The summed E-state index contributed by atoms with van der Waals surface area (Å²) in [5.41, 5.74) is 3.37. The molecule has 2 aliphatic heterocycles. The first-order chi connectivity index (χ1) is 15.8. The van der Waals surface area contributed by atoms with E-state index in [4.69, 9.17) is 21.7 Å². The maximum atomic E-state index is 13.9. The number of benzene rings is 1. The van der Waals surface area contributed by atoms with Crippen molar-refractivity contribution in [1.82, 2.24) is 20.2 Å². The number of carbonyl (C=O) groups excluding carboxylic acids is 1. The summed E-state index contributed by atoms with van der Waals surface area (Å²) in [7, 11) is 0. The second-order valence-corrected chi connectivity index (χ2v) is 8.09. The van der Waals surface area contributed by atoms with Crippen molar-refractivity contribution in [1.29, 1.82) is 5.41 Å². The second kappa shape index (κ2) is 9.50. The standard InChI is InChI=1S/C23H22ClFN6O2/c1-13-21(24)14(2)30-22(29-13)18-10-31(11-19(18)26)23(32)17-4-3-16(25)7-20(17)33-6-5-15-8-27-12-28-9-15/h3-4,7-9,12,26,29H,5-6,10-11H2,1-2H3/b22-18+,26-19?. The van der Waals surface area contributed by atoms with Crippen molar-refractivity contribution in [2.24, 2.45) is 4.99 Å². The molecule has 0 radical (unpaired) electrons. The van der Waals surface area contributed by atoms with Crippen LogP contribution in [0.3, 0.4) is 0 Å². The number of nitrogens with one attached hydrogen (secondary N) is 2. The average molecular weight is 469 g/mol. The summed E-state index contributed by atoms with van der Waals surface area (Å²) in [5, 5.41) is 12.0. The first-order valence-electron chi connectivity index (χ1n) is 10.3. The lowest BCUT2D eigenvalue weighted by Gasteiger charge is -2.19. The van der Waals surface area contributed by atoms with Crippen LogP contribution in [0.1, 0.15) is 29.8 Å². The zero-order valence-electron chi connectivity index (χ0n) is 18.2. The maximum Gasteiger partial charge on any atom is 0.258 e. The number of hydrogen-bond acceptors (Lipinski definition) is 7. The van der Waals surface area contributed by atoms with E-state index in [9.17, 15) is 9.18 Å². The Labute approximate surface area is 195 Å². The van der Waals surface area contributed by atoms with Gasteiger partial charge in [0.15, 0.2) is 0 Å². The molecule has 4 rings (SSSR count). The van der Waals surface area contributed by atoms with Crippen LogP contribution < -0.4 is 10.1 Å². The number of nitrogens with zero attached hydrogens (tertiary/aromatic N) is 4. The second-order valence-electron chi connectivity index (χ2n) is 7.71. The molecule has 170 valence electrons. The smallest absolute Gasteiger partial charge is 0.258 e. The van der Waals surface area contributed by atoms with Crippen LogP contribution in [-0.4, -0.2) is 51.9 Å². The normalized spacial score (nSPS) is 18.4. The largest absolute Gasteiger partial charge is 0.492 e. The summed E-state index contributed by atoms with van der Waals surface area (Å²) >= 11 is 6.19. The number of amides is 1. The Hall–Kier alpha value is -3.59. The van der Waals surface area contributed by atoms with Crippen LogP contribution >= 0.6 is 11.6 Å². The van der Waals surface area contributed by atoms with Crippen LogP contribution in [0.5, 0.6) is 5.75 Å². The van der Waals surface area contributed by atoms with Crippen molar-refractivity contribution >= 4 is 28.9 Å². The number of likely N-dealkylation sites (tertiary alicyclic amines) is 1. The van der Waals surface area contributed by atoms with Gasteiger partial charge < -0.3 is 20.4 Å². The Morgan fingerprint density at radius 1 is 1.27 bits per heavy atom. The minimum absolute atomic E-state index is 0.114. The maximum absolute atomic E-state index is 13.9. The highest BCUT2D eigenvalue weighted by Crippen LogP contribution is 2.27. The zero-order chi connectivity index (χ0) is 23.5. The van der Waals surface area contributed by atoms with E-state index in [0.717, 1.165) is 11.3 Å². The molecular formula is C23H22ClFN6O2. The number of aliphatic imine (C=N–C) groups is 1. The van der Waals surface area contributed by atoms with Crippen molar-refractivity contribution < 1.29 is 13.9 Å². The van der Waals surface area contributed by atoms with Crippen LogP contribution in [0.25, 0.3) is 0 Å². The fourth-order valence-corrected chi connectivity index (χ4v) is 3.67. The molecule has 1 saturated heterocycles. The molecule has 1 aromatic carbocycles. The summed E-state index contributed by atoms with van der Waals surface area (Å²) in [6, 6.07) is 3.82. The molecule has 0 spiro atoms. The molecular weight excluding hydrogens is 447 g/mol. The highest BCUT2D eigenvalue weighted by molar-refractivity contribution is 6.43. The Kier molecular flexibility index (Phi) is 6.50. The molecule has 1 aromatic heterocycles. The molecule has 1 amide bonds. The lowest BCUT2D eigenvalue weighted by molar-refractivity contribution is 0.0799. The summed E-state index contributed by atoms with van der Waals surface area (Å²) in [6.07, 6.45) is 5.29. The highest BCUT2D eigenvalue weighted by Gasteiger charge is 2.32. The third-order valence-corrected chi connectivity index (χ3v) is 5.86. The predicted molar refractivity (Wildman–Crippen MR) is 123 cm³/mol. The highest BCUT2D eigenvalue weighted by atomic mass is 35.5. The molecule has 2 N–H and O–H groups in total. The van der Waals surface area contributed by atoms with Gasteiger partial charge in [-0.25, -0.2) is 19.4 Å². The molecule has 2 aromatic rings.